The summed E-state index contributed by atoms with van der Waals surface area (Å²) in [6.45, 7) is 0. The fourth-order valence-corrected chi connectivity index (χ4v) is 3.07. The first-order valence-electron chi connectivity index (χ1n) is 7.67. The summed E-state index contributed by atoms with van der Waals surface area (Å²) in [4.78, 5) is 12.7. The maximum Gasteiger partial charge on any atom is 0.416 e. The molecule has 25 heavy (non-hydrogen) atoms. The average Bonchev–Trinajstić information content (AvgIpc) is 2.62. The van der Waals surface area contributed by atoms with Crippen molar-refractivity contribution in [2.24, 2.45) is 0 Å². The van der Waals surface area contributed by atoms with E-state index in [0.717, 1.165) is 12.1 Å². The molecular weight excluding hydrogens is 327 g/mol. The van der Waals surface area contributed by atoms with Gasteiger partial charge in [0.05, 0.1) is 16.6 Å². The zero-order valence-electron chi connectivity index (χ0n) is 12.9. The average molecular weight is 339 g/mol. The molecular formula is C20H12F3NO. The molecule has 0 N–H and O–H groups in total. The maximum absolute atomic E-state index is 12.8. The molecule has 124 valence electrons. The van der Waals surface area contributed by atoms with E-state index in [9.17, 15) is 18.0 Å². The minimum atomic E-state index is -4.38. The number of hydrogen-bond acceptors (Lipinski definition) is 1. The van der Waals surface area contributed by atoms with Crippen LogP contribution in [0.15, 0.2) is 77.6 Å². The number of aromatic nitrogens is 1. The Balaban J connectivity index is 2.09. The zero-order chi connectivity index (χ0) is 17.6. The lowest BCUT2D eigenvalue weighted by molar-refractivity contribution is -0.137. The lowest BCUT2D eigenvalue weighted by Gasteiger charge is -2.16. The van der Waals surface area contributed by atoms with Crippen molar-refractivity contribution >= 4 is 21.8 Å². The van der Waals surface area contributed by atoms with Crippen LogP contribution in [0.2, 0.25) is 0 Å². The number of para-hydroxylation sites is 2. The molecule has 0 atom stereocenters. The second-order valence-corrected chi connectivity index (χ2v) is 5.74. The predicted octanol–water partition coefficient (Wildman–Crippen LogP) is 5.16. The summed E-state index contributed by atoms with van der Waals surface area (Å²) in [5.74, 6) is 0. The summed E-state index contributed by atoms with van der Waals surface area (Å²) < 4.78 is 40.3. The van der Waals surface area contributed by atoms with Crippen LogP contribution < -0.4 is 5.43 Å². The summed E-state index contributed by atoms with van der Waals surface area (Å²) in [5, 5.41) is 1.06. The highest BCUT2D eigenvalue weighted by atomic mass is 19.4. The zero-order valence-corrected chi connectivity index (χ0v) is 12.9. The molecule has 4 rings (SSSR count). The number of hydrogen-bond donors (Lipinski definition) is 0. The molecule has 0 spiro atoms. The first-order valence-corrected chi connectivity index (χ1v) is 7.67. The third-order valence-electron chi connectivity index (χ3n) is 4.23. The summed E-state index contributed by atoms with van der Waals surface area (Å²) in [7, 11) is 0. The molecule has 0 radical (unpaired) electrons. The monoisotopic (exact) mass is 339 g/mol. The van der Waals surface area contributed by atoms with Gasteiger partial charge in [-0.15, -0.1) is 0 Å². The van der Waals surface area contributed by atoms with Crippen LogP contribution in [-0.4, -0.2) is 4.57 Å². The van der Waals surface area contributed by atoms with Crippen molar-refractivity contribution in [2.75, 3.05) is 0 Å². The Hall–Kier alpha value is -3.08. The van der Waals surface area contributed by atoms with Crippen LogP contribution in [0.1, 0.15) is 5.56 Å². The van der Waals surface area contributed by atoms with E-state index in [4.69, 9.17) is 0 Å². The van der Waals surface area contributed by atoms with Crippen LogP contribution in [0.3, 0.4) is 0 Å². The molecule has 1 heterocycles. The summed E-state index contributed by atoms with van der Waals surface area (Å²) in [6.07, 6.45) is -4.38. The summed E-state index contributed by atoms with van der Waals surface area (Å²) >= 11 is 0. The number of benzene rings is 3. The van der Waals surface area contributed by atoms with Crippen LogP contribution in [0.4, 0.5) is 13.2 Å². The van der Waals surface area contributed by atoms with Crippen LogP contribution in [0, 0.1) is 0 Å². The van der Waals surface area contributed by atoms with Crippen molar-refractivity contribution in [1.82, 2.24) is 4.57 Å². The van der Waals surface area contributed by atoms with Gasteiger partial charge in [0.25, 0.3) is 0 Å². The van der Waals surface area contributed by atoms with E-state index in [1.54, 1.807) is 48.5 Å². The SMILES string of the molecule is O=c1c2ccccc2n(-c2ccc(C(F)(F)F)cc2)c2ccccc12. The Labute approximate surface area is 140 Å². The quantitative estimate of drug-likeness (QED) is 0.439. The summed E-state index contributed by atoms with van der Waals surface area (Å²) in [6, 6.07) is 19.1. The van der Waals surface area contributed by atoms with Crippen LogP contribution in [0.5, 0.6) is 0 Å². The second kappa shape index (κ2) is 5.48. The van der Waals surface area contributed by atoms with Crippen LogP contribution in [0.25, 0.3) is 27.5 Å². The van der Waals surface area contributed by atoms with E-state index in [0.29, 0.717) is 27.5 Å². The minimum absolute atomic E-state index is 0.0886. The van der Waals surface area contributed by atoms with Crippen molar-refractivity contribution < 1.29 is 13.2 Å². The van der Waals surface area contributed by atoms with Gasteiger partial charge in [0, 0.05) is 16.5 Å². The fraction of sp³-hybridized carbons (Fsp3) is 0.0500. The van der Waals surface area contributed by atoms with Crippen molar-refractivity contribution in [3.63, 3.8) is 0 Å². The van der Waals surface area contributed by atoms with Crippen molar-refractivity contribution in [1.29, 1.82) is 0 Å². The number of pyridine rings is 1. The van der Waals surface area contributed by atoms with E-state index >= 15 is 0 Å². The van der Waals surface area contributed by atoms with Crippen LogP contribution in [-0.2, 0) is 6.18 Å². The fourth-order valence-electron chi connectivity index (χ4n) is 3.07. The van der Waals surface area contributed by atoms with Gasteiger partial charge in [0.2, 0.25) is 0 Å². The first kappa shape index (κ1) is 15.4. The number of halogens is 3. The van der Waals surface area contributed by atoms with Gasteiger partial charge in [0.15, 0.2) is 5.43 Å². The molecule has 0 aliphatic rings. The second-order valence-electron chi connectivity index (χ2n) is 5.74. The standard InChI is InChI=1S/C20H12F3NO/c21-20(22,23)13-9-11-14(12-10-13)24-17-7-3-1-5-15(17)19(25)16-6-2-4-8-18(16)24/h1-12H. The Morgan fingerprint density at radius 1 is 0.680 bits per heavy atom. The lowest BCUT2D eigenvalue weighted by atomic mass is 10.1. The molecule has 0 bridgehead atoms. The molecule has 0 amide bonds. The van der Waals surface area contributed by atoms with E-state index in [2.05, 4.69) is 0 Å². The number of fused-ring (bicyclic) bond motifs is 2. The van der Waals surface area contributed by atoms with E-state index < -0.39 is 11.7 Å². The first-order chi connectivity index (χ1) is 12.0. The van der Waals surface area contributed by atoms with Gasteiger partial charge in [-0.05, 0) is 48.5 Å². The normalized spacial score (nSPS) is 12.0. The van der Waals surface area contributed by atoms with Gasteiger partial charge < -0.3 is 4.57 Å². The molecule has 3 aromatic carbocycles. The Bertz CT molecular complexity index is 1080. The molecule has 0 saturated carbocycles. The molecule has 0 unspecified atom stereocenters. The smallest absolute Gasteiger partial charge is 0.309 e. The topological polar surface area (TPSA) is 22.0 Å². The molecule has 0 aliphatic heterocycles. The Morgan fingerprint density at radius 2 is 1.16 bits per heavy atom. The highest BCUT2D eigenvalue weighted by Crippen LogP contribution is 2.31. The molecule has 0 fully saturated rings. The maximum atomic E-state index is 12.8. The third kappa shape index (κ3) is 2.48. The highest BCUT2D eigenvalue weighted by molar-refractivity contribution is 5.95. The van der Waals surface area contributed by atoms with Gasteiger partial charge in [-0.3, -0.25) is 4.79 Å². The molecule has 4 aromatic rings. The van der Waals surface area contributed by atoms with E-state index in [1.807, 2.05) is 4.57 Å². The molecule has 0 aliphatic carbocycles. The van der Waals surface area contributed by atoms with Gasteiger partial charge in [0.1, 0.15) is 0 Å². The number of alkyl halides is 3. The van der Waals surface area contributed by atoms with Gasteiger partial charge in [-0.1, -0.05) is 24.3 Å². The molecule has 5 heteroatoms. The minimum Gasteiger partial charge on any atom is -0.309 e. The van der Waals surface area contributed by atoms with Crippen molar-refractivity contribution in [3.8, 4) is 5.69 Å². The van der Waals surface area contributed by atoms with Gasteiger partial charge in [-0.2, -0.15) is 13.2 Å². The highest BCUT2D eigenvalue weighted by Gasteiger charge is 2.30. The van der Waals surface area contributed by atoms with Crippen molar-refractivity contribution in [3.05, 3.63) is 88.6 Å². The molecule has 0 saturated heterocycles. The van der Waals surface area contributed by atoms with Gasteiger partial charge >= 0.3 is 6.18 Å². The van der Waals surface area contributed by atoms with E-state index in [-0.39, 0.29) is 5.43 Å². The summed E-state index contributed by atoms with van der Waals surface area (Å²) in [5.41, 5.74) is 1.09. The van der Waals surface area contributed by atoms with E-state index in [1.165, 1.54) is 12.1 Å². The number of nitrogens with zero attached hydrogens (tertiary/aromatic N) is 1. The largest absolute Gasteiger partial charge is 0.416 e. The lowest BCUT2D eigenvalue weighted by Crippen LogP contribution is -2.10. The predicted molar refractivity (Wildman–Crippen MR) is 92.1 cm³/mol. The molecule has 2 nitrogen and oxygen atoms in total. The van der Waals surface area contributed by atoms with Crippen molar-refractivity contribution in [2.45, 2.75) is 6.18 Å². The van der Waals surface area contributed by atoms with Crippen LogP contribution >= 0.6 is 0 Å². The Morgan fingerprint density at radius 3 is 1.64 bits per heavy atom. The molecule has 1 aromatic heterocycles. The Kier molecular flexibility index (Phi) is 3.39. The number of rotatable bonds is 1. The van der Waals surface area contributed by atoms with Gasteiger partial charge in [-0.25, -0.2) is 0 Å². The third-order valence-corrected chi connectivity index (χ3v) is 4.23.